The van der Waals surface area contributed by atoms with Crippen molar-refractivity contribution < 1.29 is 0 Å². The quantitative estimate of drug-likeness (QED) is 0.118. The van der Waals surface area contributed by atoms with Crippen LogP contribution < -0.4 is 27.2 Å². The Bertz CT molecular complexity index is 1400. The Kier molecular flexibility index (Phi) is 7.40. The van der Waals surface area contributed by atoms with Gasteiger partial charge in [0.1, 0.15) is 5.69 Å². The summed E-state index contributed by atoms with van der Waals surface area (Å²) in [5.41, 5.74) is 25.8. The third kappa shape index (κ3) is 6.15. The number of benzene rings is 4. The van der Waals surface area contributed by atoms with Crippen LogP contribution in [-0.2, 0) is 0 Å². The first kappa shape index (κ1) is 24.2. The summed E-state index contributed by atoms with van der Waals surface area (Å²) in [7, 11) is 3.99. The van der Waals surface area contributed by atoms with Gasteiger partial charge < -0.3 is 21.8 Å². The number of hydrogen-bond acceptors (Lipinski definition) is 9. The topological polar surface area (TPSA) is 129 Å². The fourth-order valence-corrected chi connectivity index (χ4v) is 3.35. The lowest BCUT2D eigenvalue weighted by atomic mass is 10.2. The van der Waals surface area contributed by atoms with E-state index in [4.69, 9.17) is 11.5 Å². The van der Waals surface area contributed by atoms with Gasteiger partial charge in [0.25, 0.3) is 0 Å². The SMILES string of the molecule is Cc1cc(NNc2cc(/N=N/c3ccccc3)c(N)cc2N)ccc1/N=N/c1cccc(N(C)C)c1. The van der Waals surface area contributed by atoms with Gasteiger partial charge in [0.05, 0.1) is 39.8 Å². The van der Waals surface area contributed by atoms with Crippen molar-refractivity contribution in [2.75, 3.05) is 41.3 Å². The van der Waals surface area contributed by atoms with Crippen molar-refractivity contribution >= 4 is 51.2 Å². The highest BCUT2D eigenvalue weighted by Crippen LogP contribution is 2.33. The van der Waals surface area contributed by atoms with Crippen molar-refractivity contribution in [2.24, 2.45) is 20.5 Å². The minimum atomic E-state index is 0.444. The number of azo groups is 2. The number of aryl methyl sites for hydroxylation is 1. The molecule has 0 aliphatic carbocycles. The van der Waals surface area contributed by atoms with E-state index < -0.39 is 0 Å². The molecule has 0 atom stereocenters. The van der Waals surface area contributed by atoms with E-state index in [1.165, 1.54) is 0 Å². The maximum Gasteiger partial charge on any atom is 0.111 e. The Morgan fingerprint density at radius 1 is 0.639 bits per heavy atom. The van der Waals surface area contributed by atoms with Crippen LogP contribution in [0.2, 0.25) is 0 Å². The van der Waals surface area contributed by atoms with E-state index in [0.29, 0.717) is 22.7 Å². The standard InChI is InChI=1S/C27H29N9/c1-18-14-21(12-13-25(18)33-31-20-10-7-11-22(15-20)36(2)3)32-35-27-17-26(23(28)16-24(27)29)34-30-19-8-5-4-6-9-19/h4-17,32,35H,28-29H2,1-3H3/b33-31+,34-30+. The summed E-state index contributed by atoms with van der Waals surface area (Å²) in [6.45, 7) is 1.98. The second kappa shape index (κ2) is 11.0. The molecule has 9 nitrogen and oxygen atoms in total. The van der Waals surface area contributed by atoms with Gasteiger partial charge in [-0.1, -0.05) is 24.3 Å². The molecule has 0 unspecified atom stereocenters. The molecule has 36 heavy (non-hydrogen) atoms. The zero-order valence-electron chi connectivity index (χ0n) is 20.5. The number of nitrogen functional groups attached to an aromatic ring is 2. The molecule has 4 rings (SSSR count). The maximum atomic E-state index is 6.15. The molecule has 0 aliphatic heterocycles. The zero-order chi connectivity index (χ0) is 25.5. The Morgan fingerprint density at radius 2 is 1.36 bits per heavy atom. The van der Waals surface area contributed by atoms with E-state index in [9.17, 15) is 0 Å². The van der Waals surface area contributed by atoms with Gasteiger partial charge >= 0.3 is 0 Å². The lowest BCUT2D eigenvalue weighted by Crippen LogP contribution is -2.10. The van der Waals surface area contributed by atoms with Crippen molar-refractivity contribution in [2.45, 2.75) is 6.92 Å². The molecule has 4 aromatic carbocycles. The minimum absolute atomic E-state index is 0.444. The van der Waals surface area contributed by atoms with Crippen molar-refractivity contribution in [3.63, 3.8) is 0 Å². The highest BCUT2D eigenvalue weighted by atomic mass is 15.4. The fraction of sp³-hybridized carbons (Fsp3) is 0.111. The Labute approximate surface area is 210 Å². The first-order valence-electron chi connectivity index (χ1n) is 11.4. The van der Waals surface area contributed by atoms with Gasteiger partial charge in [-0.15, -0.1) is 5.11 Å². The van der Waals surface area contributed by atoms with Crippen LogP contribution >= 0.6 is 0 Å². The molecule has 0 amide bonds. The van der Waals surface area contributed by atoms with Crippen molar-refractivity contribution in [3.8, 4) is 0 Å². The average molecular weight is 480 g/mol. The van der Waals surface area contributed by atoms with E-state index in [1.54, 1.807) is 12.1 Å². The van der Waals surface area contributed by atoms with E-state index in [0.717, 1.165) is 34.0 Å². The van der Waals surface area contributed by atoms with Crippen molar-refractivity contribution in [1.29, 1.82) is 0 Å². The molecule has 0 fully saturated rings. The summed E-state index contributed by atoms with van der Waals surface area (Å²) in [6, 6.07) is 26.6. The molecular formula is C27H29N9. The molecule has 4 aromatic rings. The highest BCUT2D eigenvalue weighted by molar-refractivity contribution is 5.80. The van der Waals surface area contributed by atoms with Gasteiger partial charge in [-0.25, -0.2) is 0 Å². The molecule has 0 saturated carbocycles. The number of anilines is 5. The Hall–Kier alpha value is -4.92. The van der Waals surface area contributed by atoms with E-state index in [1.807, 2.05) is 98.7 Å². The van der Waals surface area contributed by atoms with Crippen LogP contribution in [0.4, 0.5) is 51.2 Å². The van der Waals surface area contributed by atoms with Crippen LogP contribution in [0.25, 0.3) is 0 Å². The molecule has 0 spiro atoms. The third-order valence-corrected chi connectivity index (χ3v) is 5.39. The first-order chi connectivity index (χ1) is 17.4. The normalized spacial score (nSPS) is 11.2. The van der Waals surface area contributed by atoms with E-state index in [2.05, 4.69) is 31.3 Å². The van der Waals surface area contributed by atoms with Gasteiger partial charge in [0, 0.05) is 19.8 Å². The molecule has 9 heteroatoms. The zero-order valence-corrected chi connectivity index (χ0v) is 20.5. The summed E-state index contributed by atoms with van der Waals surface area (Å²) >= 11 is 0. The fourth-order valence-electron chi connectivity index (χ4n) is 3.35. The predicted molar refractivity (Wildman–Crippen MR) is 149 cm³/mol. The number of nitrogens with one attached hydrogen (secondary N) is 2. The van der Waals surface area contributed by atoms with Crippen LogP contribution in [0.5, 0.6) is 0 Å². The summed E-state index contributed by atoms with van der Waals surface area (Å²) in [4.78, 5) is 2.03. The molecule has 0 aliphatic rings. The lowest BCUT2D eigenvalue weighted by Gasteiger charge is -2.14. The molecular weight excluding hydrogens is 450 g/mol. The molecule has 0 bridgehead atoms. The third-order valence-electron chi connectivity index (χ3n) is 5.39. The van der Waals surface area contributed by atoms with E-state index >= 15 is 0 Å². The van der Waals surface area contributed by atoms with E-state index in [-0.39, 0.29) is 0 Å². The summed E-state index contributed by atoms with van der Waals surface area (Å²) in [5.74, 6) is 0. The van der Waals surface area contributed by atoms with Crippen molar-refractivity contribution in [3.05, 3.63) is 90.5 Å². The number of nitrogens with two attached hydrogens (primary N) is 2. The van der Waals surface area contributed by atoms with Crippen LogP contribution in [0.3, 0.4) is 0 Å². The summed E-state index contributed by atoms with van der Waals surface area (Å²) in [6.07, 6.45) is 0. The van der Waals surface area contributed by atoms with Gasteiger partial charge in [-0.2, -0.15) is 15.3 Å². The lowest BCUT2D eigenvalue weighted by molar-refractivity contribution is 1.12. The van der Waals surface area contributed by atoms with Crippen LogP contribution in [-0.4, -0.2) is 14.1 Å². The van der Waals surface area contributed by atoms with Crippen molar-refractivity contribution in [1.82, 2.24) is 0 Å². The van der Waals surface area contributed by atoms with Gasteiger partial charge in [0.15, 0.2) is 0 Å². The van der Waals surface area contributed by atoms with Crippen LogP contribution in [0.15, 0.2) is 105 Å². The first-order valence-corrected chi connectivity index (χ1v) is 11.4. The molecule has 0 aromatic heterocycles. The van der Waals surface area contributed by atoms with Gasteiger partial charge in [-0.3, -0.25) is 5.43 Å². The predicted octanol–water partition coefficient (Wildman–Crippen LogP) is 7.50. The molecule has 0 heterocycles. The smallest absolute Gasteiger partial charge is 0.111 e. The molecule has 182 valence electrons. The minimum Gasteiger partial charge on any atom is -0.397 e. The summed E-state index contributed by atoms with van der Waals surface area (Å²) < 4.78 is 0. The maximum absolute atomic E-state index is 6.15. The van der Waals surface area contributed by atoms with Crippen LogP contribution in [0, 0.1) is 6.92 Å². The summed E-state index contributed by atoms with van der Waals surface area (Å²) in [5, 5.41) is 17.3. The average Bonchev–Trinajstić information content (AvgIpc) is 2.88. The second-order valence-corrected chi connectivity index (χ2v) is 8.40. The number of rotatable bonds is 8. The number of hydrazine groups is 1. The number of nitrogens with zero attached hydrogens (tertiary/aromatic N) is 5. The highest BCUT2D eigenvalue weighted by Gasteiger charge is 2.07. The number of hydrogen-bond donors (Lipinski definition) is 4. The largest absolute Gasteiger partial charge is 0.397 e. The Balaban J connectivity index is 1.45. The monoisotopic (exact) mass is 479 g/mol. The molecule has 6 N–H and O–H groups in total. The Morgan fingerprint density at radius 3 is 2.11 bits per heavy atom. The second-order valence-electron chi connectivity index (χ2n) is 8.40. The molecule has 0 saturated heterocycles. The van der Waals surface area contributed by atoms with Gasteiger partial charge in [0.2, 0.25) is 0 Å². The molecule has 0 radical (unpaired) electrons. The van der Waals surface area contributed by atoms with Crippen LogP contribution in [0.1, 0.15) is 5.56 Å². The van der Waals surface area contributed by atoms with Gasteiger partial charge in [-0.05, 0) is 73.2 Å².